The molecule has 0 saturated carbocycles. The van der Waals surface area contributed by atoms with Gasteiger partial charge in [-0.2, -0.15) is 0 Å². The van der Waals surface area contributed by atoms with Gasteiger partial charge in [0, 0.05) is 39.3 Å². The van der Waals surface area contributed by atoms with Crippen LogP contribution >= 0.6 is 23.7 Å². The van der Waals surface area contributed by atoms with Gasteiger partial charge in [-0.15, -0.1) is 12.4 Å². The van der Waals surface area contributed by atoms with Gasteiger partial charge in [0.15, 0.2) is 5.13 Å². The van der Waals surface area contributed by atoms with E-state index in [4.69, 9.17) is 4.98 Å². The van der Waals surface area contributed by atoms with Crippen LogP contribution in [0, 0.1) is 6.92 Å². The standard InChI is InChI=1S/C29H33N5O3S2.ClH/c1-3-22-10-13-26-27(20-22)38-29(31-26)34-18-16-33(17-19-34)15-14-30-28(35)24-6-4-5-7-25(24)32-39(36,37)23-11-8-21(2)9-12-23;/h4-13,20,32H,3,14-19H2,1-2H3,(H,30,35);1H. The number of sulfonamides is 1. The second-order valence-corrected chi connectivity index (χ2v) is 12.4. The third-order valence-electron chi connectivity index (χ3n) is 6.95. The summed E-state index contributed by atoms with van der Waals surface area (Å²) in [5, 5.41) is 4.02. The number of nitrogens with one attached hydrogen (secondary N) is 2. The molecule has 11 heteroatoms. The summed E-state index contributed by atoms with van der Waals surface area (Å²) >= 11 is 1.75. The number of benzene rings is 3. The number of rotatable bonds is 9. The van der Waals surface area contributed by atoms with Crippen molar-refractivity contribution < 1.29 is 13.2 Å². The molecule has 0 bridgehead atoms. The van der Waals surface area contributed by atoms with Gasteiger partial charge in [0.05, 0.1) is 26.4 Å². The predicted octanol–water partition coefficient (Wildman–Crippen LogP) is 4.94. The van der Waals surface area contributed by atoms with E-state index >= 15 is 0 Å². The van der Waals surface area contributed by atoms with Gasteiger partial charge in [-0.1, -0.05) is 54.2 Å². The number of thiazole rings is 1. The molecular weight excluding hydrogens is 566 g/mol. The summed E-state index contributed by atoms with van der Waals surface area (Å²) in [5.74, 6) is -0.309. The molecule has 0 spiro atoms. The van der Waals surface area contributed by atoms with E-state index in [0.29, 0.717) is 12.1 Å². The van der Waals surface area contributed by atoms with Crippen LogP contribution in [0.4, 0.5) is 10.8 Å². The molecule has 1 aliphatic rings. The van der Waals surface area contributed by atoms with Crippen LogP contribution in [0.25, 0.3) is 10.2 Å². The number of carbonyl (C=O) groups excluding carboxylic acids is 1. The van der Waals surface area contributed by atoms with Crippen LogP contribution in [0.15, 0.2) is 71.6 Å². The fourth-order valence-corrected chi connectivity index (χ4v) is 6.75. The Morgan fingerprint density at radius 1 is 1.00 bits per heavy atom. The summed E-state index contributed by atoms with van der Waals surface area (Å²) in [4.78, 5) is 22.6. The van der Waals surface area contributed by atoms with Gasteiger partial charge in [-0.25, -0.2) is 13.4 Å². The maximum absolute atomic E-state index is 13.0. The summed E-state index contributed by atoms with van der Waals surface area (Å²) in [5.41, 5.74) is 3.90. The van der Waals surface area contributed by atoms with E-state index in [1.165, 1.54) is 10.3 Å². The molecule has 1 amide bonds. The highest BCUT2D eigenvalue weighted by Crippen LogP contribution is 2.30. The number of hydrogen-bond acceptors (Lipinski definition) is 7. The topological polar surface area (TPSA) is 94.6 Å². The molecule has 0 unspecified atom stereocenters. The average molecular weight is 600 g/mol. The largest absolute Gasteiger partial charge is 0.351 e. The monoisotopic (exact) mass is 599 g/mol. The molecule has 1 aromatic heterocycles. The number of anilines is 2. The molecule has 0 aliphatic carbocycles. The summed E-state index contributed by atoms with van der Waals surface area (Å²) in [7, 11) is -3.81. The van der Waals surface area contributed by atoms with Crippen molar-refractivity contribution in [3.05, 3.63) is 83.4 Å². The zero-order chi connectivity index (χ0) is 27.4. The lowest BCUT2D eigenvalue weighted by molar-refractivity contribution is 0.0948. The number of aryl methyl sites for hydroxylation is 2. The van der Waals surface area contributed by atoms with Crippen LogP contribution in [0.2, 0.25) is 0 Å². The van der Waals surface area contributed by atoms with E-state index in [-0.39, 0.29) is 28.9 Å². The average Bonchev–Trinajstić information content (AvgIpc) is 3.37. The van der Waals surface area contributed by atoms with Gasteiger partial charge in [-0.3, -0.25) is 14.4 Å². The highest BCUT2D eigenvalue weighted by molar-refractivity contribution is 7.92. The number of nitrogens with zero attached hydrogens (tertiary/aromatic N) is 3. The summed E-state index contributed by atoms with van der Waals surface area (Å²) in [6.07, 6.45) is 1.02. The van der Waals surface area contributed by atoms with E-state index in [2.05, 4.69) is 45.0 Å². The van der Waals surface area contributed by atoms with Gasteiger partial charge in [0.2, 0.25) is 0 Å². The fourth-order valence-electron chi connectivity index (χ4n) is 4.59. The predicted molar refractivity (Wildman–Crippen MR) is 166 cm³/mol. The Bertz CT molecular complexity index is 1570. The zero-order valence-electron chi connectivity index (χ0n) is 22.6. The van der Waals surface area contributed by atoms with Crippen LogP contribution in [0.3, 0.4) is 0 Å². The van der Waals surface area contributed by atoms with Crippen molar-refractivity contribution in [2.75, 3.05) is 48.9 Å². The Hall–Kier alpha value is -3.18. The lowest BCUT2D eigenvalue weighted by Gasteiger charge is -2.34. The first-order valence-electron chi connectivity index (χ1n) is 13.2. The van der Waals surface area contributed by atoms with Crippen molar-refractivity contribution >= 4 is 60.7 Å². The highest BCUT2D eigenvalue weighted by atomic mass is 35.5. The second kappa shape index (κ2) is 13.0. The maximum atomic E-state index is 13.0. The number of halogens is 1. The zero-order valence-corrected chi connectivity index (χ0v) is 25.0. The number of piperazine rings is 1. The molecule has 4 aromatic rings. The molecule has 5 rings (SSSR count). The molecule has 1 fully saturated rings. The van der Waals surface area contributed by atoms with Crippen LogP contribution in [-0.4, -0.2) is 63.5 Å². The van der Waals surface area contributed by atoms with Gasteiger partial charge in [0.25, 0.3) is 15.9 Å². The Labute approximate surface area is 245 Å². The fraction of sp³-hybridized carbons (Fsp3) is 0.310. The number of aromatic nitrogens is 1. The van der Waals surface area contributed by atoms with Gasteiger partial charge < -0.3 is 10.2 Å². The number of carbonyl (C=O) groups is 1. The number of para-hydroxylation sites is 1. The van der Waals surface area contributed by atoms with Gasteiger partial charge in [0.1, 0.15) is 0 Å². The first kappa shape index (κ1) is 29.8. The molecule has 1 aliphatic heterocycles. The van der Waals surface area contributed by atoms with Gasteiger partial charge >= 0.3 is 0 Å². The van der Waals surface area contributed by atoms with E-state index in [9.17, 15) is 13.2 Å². The number of hydrogen-bond donors (Lipinski definition) is 2. The lowest BCUT2D eigenvalue weighted by Crippen LogP contribution is -2.48. The van der Waals surface area contributed by atoms with Gasteiger partial charge in [-0.05, 0) is 55.3 Å². The van der Waals surface area contributed by atoms with Crippen molar-refractivity contribution in [1.82, 2.24) is 15.2 Å². The minimum Gasteiger partial charge on any atom is -0.351 e. The Balaban J connectivity index is 0.00000370. The second-order valence-electron chi connectivity index (χ2n) is 9.70. The highest BCUT2D eigenvalue weighted by Gasteiger charge is 2.21. The molecular formula is C29H34ClN5O3S2. The molecule has 40 heavy (non-hydrogen) atoms. The molecule has 212 valence electrons. The van der Waals surface area contributed by atoms with E-state index in [1.54, 1.807) is 59.9 Å². The van der Waals surface area contributed by atoms with E-state index in [0.717, 1.165) is 55.4 Å². The Morgan fingerprint density at radius 3 is 2.45 bits per heavy atom. The molecule has 2 heterocycles. The van der Waals surface area contributed by atoms with Crippen molar-refractivity contribution in [3.63, 3.8) is 0 Å². The smallest absolute Gasteiger partial charge is 0.261 e. The summed E-state index contributed by atoms with van der Waals surface area (Å²) in [6.45, 7) is 8.80. The van der Waals surface area contributed by atoms with Crippen molar-refractivity contribution in [3.8, 4) is 0 Å². The lowest BCUT2D eigenvalue weighted by atomic mass is 10.1. The minimum absolute atomic E-state index is 0. The molecule has 1 saturated heterocycles. The first-order valence-corrected chi connectivity index (χ1v) is 15.5. The third kappa shape index (κ3) is 6.93. The molecule has 0 radical (unpaired) electrons. The third-order valence-corrected chi connectivity index (χ3v) is 9.41. The molecule has 2 N–H and O–H groups in total. The van der Waals surface area contributed by atoms with E-state index in [1.807, 2.05) is 6.92 Å². The minimum atomic E-state index is -3.81. The van der Waals surface area contributed by atoms with Crippen molar-refractivity contribution in [2.24, 2.45) is 0 Å². The summed E-state index contributed by atoms with van der Waals surface area (Å²) in [6, 6.07) is 19.8. The normalized spacial score (nSPS) is 14.1. The Morgan fingerprint density at radius 2 is 1.73 bits per heavy atom. The summed E-state index contributed by atoms with van der Waals surface area (Å²) < 4.78 is 29.5. The van der Waals surface area contributed by atoms with E-state index < -0.39 is 10.0 Å². The quantitative estimate of drug-likeness (QED) is 0.283. The number of fused-ring (bicyclic) bond motifs is 1. The van der Waals surface area contributed by atoms with Crippen LogP contribution < -0.4 is 14.9 Å². The molecule has 8 nitrogen and oxygen atoms in total. The van der Waals surface area contributed by atoms with Crippen molar-refractivity contribution in [1.29, 1.82) is 0 Å². The maximum Gasteiger partial charge on any atom is 0.261 e. The van der Waals surface area contributed by atoms with Crippen molar-refractivity contribution in [2.45, 2.75) is 25.2 Å². The SMILES string of the molecule is CCc1ccc2nc(N3CCN(CCNC(=O)c4ccccc4NS(=O)(=O)c4ccc(C)cc4)CC3)sc2c1.Cl. The first-order chi connectivity index (χ1) is 18.8. The molecule has 3 aromatic carbocycles. The van der Waals surface area contributed by atoms with Crippen LogP contribution in [-0.2, 0) is 16.4 Å². The van der Waals surface area contributed by atoms with Crippen LogP contribution in [0.1, 0.15) is 28.4 Å². The molecule has 0 atom stereocenters. The number of amides is 1. The van der Waals surface area contributed by atoms with Crippen LogP contribution in [0.5, 0.6) is 0 Å². The Kier molecular flexibility index (Phi) is 9.68.